The van der Waals surface area contributed by atoms with Gasteiger partial charge in [0.15, 0.2) is 0 Å². The minimum Gasteiger partial charge on any atom is -0.326 e. The molecule has 2 rings (SSSR count). The van der Waals surface area contributed by atoms with Crippen LogP contribution in [0.15, 0.2) is 36.7 Å². The van der Waals surface area contributed by atoms with Gasteiger partial charge < -0.3 is 10.3 Å². The van der Waals surface area contributed by atoms with Crippen molar-refractivity contribution in [3.05, 3.63) is 53.1 Å². The van der Waals surface area contributed by atoms with Crippen molar-refractivity contribution in [3.63, 3.8) is 0 Å². The van der Waals surface area contributed by atoms with Crippen LogP contribution in [0.4, 0.5) is 0 Å². The van der Waals surface area contributed by atoms with Crippen LogP contribution >= 0.6 is 11.6 Å². The average Bonchev–Trinajstić information content (AvgIpc) is 2.88. The Morgan fingerprint density at radius 3 is 2.70 bits per heavy atom. The number of nitrogens with zero attached hydrogens (tertiary/aromatic N) is 2. The number of nitrogens with two attached hydrogens (primary N) is 1. The fourth-order valence-corrected chi connectivity index (χ4v) is 2.73. The lowest BCUT2D eigenvalue weighted by molar-refractivity contribution is 0.440. The quantitative estimate of drug-likeness (QED) is 0.905. The maximum Gasteiger partial charge on any atom is 0.111 e. The highest BCUT2D eigenvalue weighted by Gasteiger charge is 2.23. The van der Waals surface area contributed by atoms with Crippen LogP contribution in [-0.2, 0) is 0 Å². The van der Waals surface area contributed by atoms with Gasteiger partial charge >= 0.3 is 0 Å². The highest BCUT2D eigenvalue weighted by molar-refractivity contribution is 6.30. The van der Waals surface area contributed by atoms with E-state index in [-0.39, 0.29) is 12.1 Å². The highest BCUT2D eigenvalue weighted by atomic mass is 35.5. The second-order valence-corrected chi connectivity index (χ2v) is 5.86. The number of hydrogen-bond acceptors (Lipinski definition) is 2. The Kier molecular flexibility index (Phi) is 4.84. The summed E-state index contributed by atoms with van der Waals surface area (Å²) in [6, 6.07) is 8.02. The molecule has 0 saturated heterocycles. The second-order valence-electron chi connectivity index (χ2n) is 5.42. The van der Waals surface area contributed by atoms with Gasteiger partial charge in [-0.1, -0.05) is 44.5 Å². The second kappa shape index (κ2) is 6.42. The molecular weight excluding hydrogens is 270 g/mol. The molecule has 2 N–H and O–H groups in total. The molecule has 3 nitrogen and oxygen atoms in total. The molecule has 1 heterocycles. The predicted octanol–water partition coefficient (Wildman–Crippen LogP) is 3.99. The van der Waals surface area contributed by atoms with Gasteiger partial charge in [-0.25, -0.2) is 4.98 Å². The molecule has 2 unspecified atom stereocenters. The zero-order valence-corrected chi connectivity index (χ0v) is 13.0. The van der Waals surface area contributed by atoms with Gasteiger partial charge in [0.2, 0.25) is 0 Å². The van der Waals surface area contributed by atoms with E-state index in [0.29, 0.717) is 5.92 Å². The largest absolute Gasteiger partial charge is 0.326 e. The van der Waals surface area contributed by atoms with Crippen LogP contribution in [0.1, 0.15) is 50.5 Å². The van der Waals surface area contributed by atoms with E-state index >= 15 is 0 Å². The van der Waals surface area contributed by atoms with Gasteiger partial charge in [0, 0.05) is 29.4 Å². The lowest BCUT2D eigenvalue weighted by Crippen LogP contribution is -2.33. The molecule has 1 aromatic carbocycles. The summed E-state index contributed by atoms with van der Waals surface area (Å²) in [6.45, 7) is 6.39. The van der Waals surface area contributed by atoms with Crippen molar-refractivity contribution >= 4 is 11.6 Å². The molecule has 2 aromatic rings. The van der Waals surface area contributed by atoms with Crippen LogP contribution in [0.5, 0.6) is 0 Å². The van der Waals surface area contributed by atoms with Gasteiger partial charge in [0.05, 0.1) is 6.04 Å². The minimum atomic E-state index is 0.0279. The molecule has 2 atom stereocenters. The third-order valence-electron chi connectivity index (χ3n) is 3.58. The van der Waals surface area contributed by atoms with E-state index in [9.17, 15) is 0 Å². The Balaban J connectivity index is 2.50. The summed E-state index contributed by atoms with van der Waals surface area (Å²) in [5, 5.41) is 0.738. The molecule has 0 saturated carbocycles. The summed E-state index contributed by atoms with van der Waals surface area (Å²) in [6.07, 6.45) is 4.75. The fraction of sp³-hybridized carbons (Fsp3) is 0.438. The smallest absolute Gasteiger partial charge is 0.111 e. The van der Waals surface area contributed by atoms with E-state index in [0.717, 1.165) is 22.8 Å². The zero-order valence-electron chi connectivity index (χ0n) is 12.3. The molecule has 0 amide bonds. The van der Waals surface area contributed by atoms with Crippen molar-refractivity contribution in [3.8, 4) is 0 Å². The van der Waals surface area contributed by atoms with E-state index in [4.69, 9.17) is 17.3 Å². The van der Waals surface area contributed by atoms with E-state index < -0.39 is 0 Å². The number of imidazole rings is 1. The Morgan fingerprint density at radius 1 is 1.35 bits per heavy atom. The maximum atomic E-state index is 6.37. The number of benzene rings is 1. The van der Waals surface area contributed by atoms with Crippen molar-refractivity contribution in [2.75, 3.05) is 0 Å². The van der Waals surface area contributed by atoms with Crippen LogP contribution in [-0.4, -0.2) is 15.6 Å². The van der Waals surface area contributed by atoms with Gasteiger partial charge in [-0.3, -0.25) is 0 Å². The van der Waals surface area contributed by atoms with Crippen molar-refractivity contribution in [2.45, 2.75) is 45.2 Å². The van der Waals surface area contributed by atoms with Gasteiger partial charge in [-0.15, -0.1) is 0 Å². The molecular formula is C16H22ClN3. The molecule has 0 radical (unpaired) electrons. The Bertz CT molecular complexity index is 562. The van der Waals surface area contributed by atoms with E-state index in [1.54, 1.807) is 0 Å². The van der Waals surface area contributed by atoms with E-state index in [1.807, 2.05) is 30.6 Å². The number of rotatable bonds is 5. The lowest BCUT2D eigenvalue weighted by atomic mass is 9.97. The topological polar surface area (TPSA) is 43.8 Å². The normalized spacial score (nSPS) is 14.5. The Morgan fingerprint density at radius 2 is 2.10 bits per heavy atom. The monoisotopic (exact) mass is 291 g/mol. The minimum absolute atomic E-state index is 0.0279. The summed E-state index contributed by atoms with van der Waals surface area (Å²) in [5.41, 5.74) is 7.50. The molecule has 0 bridgehead atoms. The summed E-state index contributed by atoms with van der Waals surface area (Å²) < 4.78 is 2.19. The van der Waals surface area contributed by atoms with Crippen LogP contribution in [0.2, 0.25) is 5.02 Å². The standard InChI is InChI=1S/C16H22ClN3/c1-4-14(18)15(12-6-5-7-13(17)10-12)20-9-8-19-16(20)11(2)3/h5-11,14-15H,4,18H2,1-3H3. The maximum absolute atomic E-state index is 6.37. The zero-order chi connectivity index (χ0) is 14.7. The van der Waals surface area contributed by atoms with E-state index in [2.05, 4.69) is 36.4 Å². The van der Waals surface area contributed by atoms with Gasteiger partial charge in [0.25, 0.3) is 0 Å². The van der Waals surface area contributed by atoms with Crippen LogP contribution in [0, 0.1) is 0 Å². The SMILES string of the molecule is CCC(N)C(c1cccc(Cl)c1)n1ccnc1C(C)C. The third-order valence-corrected chi connectivity index (χ3v) is 3.82. The third kappa shape index (κ3) is 3.05. The first-order chi connectivity index (χ1) is 9.54. The lowest BCUT2D eigenvalue weighted by Gasteiger charge is -2.27. The molecule has 108 valence electrons. The van der Waals surface area contributed by atoms with Gasteiger partial charge in [-0.05, 0) is 24.1 Å². The van der Waals surface area contributed by atoms with Crippen molar-refractivity contribution in [2.24, 2.45) is 5.73 Å². The number of halogens is 1. The first-order valence-corrected chi connectivity index (χ1v) is 7.46. The first kappa shape index (κ1) is 15.1. The van der Waals surface area contributed by atoms with Crippen LogP contribution in [0.3, 0.4) is 0 Å². The molecule has 20 heavy (non-hydrogen) atoms. The first-order valence-electron chi connectivity index (χ1n) is 7.08. The van der Waals surface area contributed by atoms with Gasteiger partial charge in [0.1, 0.15) is 5.82 Å². The molecule has 0 aliphatic heterocycles. The number of hydrogen-bond donors (Lipinski definition) is 1. The Hall–Kier alpha value is -1.32. The summed E-state index contributed by atoms with van der Waals surface area (Å²) >= 11 is 6.13. The van der Waals surface area contributed by atoms with Crippen molar-refractivity contribution in [1.29, 1.82) is 0 Å². The van der Waals surface area contributed by atoms with Crippen LogP contribution in [0.25, 0.3) is 0 Å². The summed E-state index contributed by atoms with van der Waals surface area (Å²) in [7, 11) is 0. The molecule has 0 aliphatic carbocycles. The van der Waals surface area contributed by atoms with Gasteiger partial charge in [-0.2, -0.15) is 0 Å². The Labute approximate surface area is 125 Å². The molecule has 0 fully saturated rings. The predicted molar refractivity (Wildman–Crippen MR) is 84.2 cm³/mol. The van der Waals surface area contributed by atoms with Crippen molar-refractivity contribution in [1.82, 2.24) is 9.55 Å². The van der Waals surface area contributed by atoms with E-state index in [1.165, 1.54) is 0 Å². The highest BCUT2D eigenvalue weighted by Crippen LogP contribution is 2.28. The van der Waals surface area contributed by atoms with Crippen molar-refractivity contribution < 1.29 is 0 Å². The fourth-order valence-electron chi connectivity index (χ4n) is 2.53. The molecule has 0 aliphatic rings. The molecule has 1 aromatic heterocycles. The molecule has 0 spiro atoms. The summed E-state index contributed by atoms with van der Waals surface area (Å²) in [4.78, 5) is 4.48. The summed E-state index contributed by atoms with van der Waals surface area (Å²) in [5.74, 6) is 1.41. The average molecular weight is 292 g/mol. The number of aromatic nitrogens is 2. The molecule has 4 heteroatoms. The van der Waals surface area contributed by atoms with Crippen LogP contribution < -0.4 is 5.73 Å².